The van der Waals surface area contributed by atoms with Crippen molar-refractivity contribution in [3.63, 3.8) is 0 Å². The maximum atomic E-state index is 11.9. The highest BCUT2D eigenvalue weighted by molar-refractivity contribution is 7.52. The molecule has 0 radical (unpaired) electrons. The van der Waals surface area contributed by atoms with Crippen LogP contribution in [-0.2, 0) is 18.6 Å². The molecule has 6 heteroatoms. The molecule has 1 aromatic carbocycles. The second kappa shape index (κ2) is 8.20. The fourth-order valence-electron chi connectivity index (χ4n) is 1.97. The predicted molar refractivity (Wildman–Crippen MR) is 76.8 cm³/mol. The van der Waals surface area contributed by atoms with Crippen molar-refractivity contribution in [3.8, 4) is 0 Å². The molecule has 0 saturated carbocycles. The number of ether oxygens (including phenoxy) is 1. The predicted octanol–water partition coefficient (Wildman–Crippen LogP) is 2.95. The number of esters is 1. The maximum absolute atomic E-state index is 11.9. The van der Waals surface area contributed by atoms with Gasteiger partial charge in [-0.1, -0.05) is 30.3 Å². The zero-order chi connectivity index (χ0) is 15.0. The SMILES string of the molecule is CCOC(=O)CC(CP(=O)(O)OCC)c1ccccc1. The van der Waals surface area contributed by atoms with Crippen LogP contribution in [0, 0.1) is 0 Å². The summed E-state index contributed by atoms with van der Waals surface area (Å²) in [5, 5.41) is 0. The van der Waals surface area contributed by atoms with E-state index in [-0.39, 0.29) is 25.2 Å². The fourth-order valence-corrected chi connectivity index (χ4v) is 3.37. The Morgan fingerprint density at radius 2 is 1.90 bits per heavy atom. The Hall–Kier alpha value is -1.16. The van der Waals surface area contributed by atoms with Crippen molar-refractivity contribution in [1.82, 2.24) is 0 Å². The van der Waals surface area contributed by atoms with Crippen molar-refractivity contribution >= 4 is 13.6 Å². The molecule has 0 aliphatic carbocycles. The summed E-state index contributed by atoms with van der Waals surface area (Å²) in [5.41, 5.74) is 0.828. The first-order chi connectivity index (χ1) is 9.48. The molecular weight excluding hydrogens is 279 g/mol. The topological polar surface area (TPSA) is 72.8 Å². The summed E-state index contributed by atoms with van der Waals surface area (Å²) >= 11 is 0. The minimum absolute atomic E-state index is 0.0650. The molecule has 2 unspecified atom stereocenters. The van der Waals surface area contributed by atoms with Crippen LogP contribution >= 0.6 is 7.60 Å². The second-order valence-electron chi connectivity index (χ2n) is 4.35. The van der Waals surface area contributed by atoms with Crippen molar-refractivity contribution in [3.05, 3.63) is 35.9 Å². The van der Waals surface area contributed by atoms with Crippen molar-refractivity contribution in [2.75, 3.05) is 19.4 Å². The van der Waals surface area contributed by atoms with Gasteiger partial charge in [0.05, 0.1) is 25.8 Å². The van der Waals surface area contributed by atoms with E-state index < -0.39 is 13.5 Å². The molecule has 0 aliphatic heterocycles. The summed E-state index contributed by atoms with van der Waals surface area (Å²) < 4.78 is 21.7. The third kappa shape index (κ3) is 5.87. The van der Waals surface area contributed by atoms with Crippen molar-refractivity contribution < 1.29 is 23.5 Å². The third-order valence-corrected chi connectivity index (χ3v) is 4.34. The lowest BCUT2D eigenvalue weighted by Gasteiger charge is -2.19. The Morgan fingerprint density at radius 3 is 2.45 bits per heavy atom. The van der Waals surface area contributed by atoms with Gasteiger partial charge in [-0.15, -0.1) is 0 Å². The molecule has 0 bridgehead atoms. The first kappa shape index (κ1) is 16.9. The van der Waals surface area contributed by atoms with Gasteiger partial charge in [0, 0.05) is 5.92 Å². The number of carbonyl (C=O) groups excluding carboxylic acids is 1. The highest BCUT2D eigenvalue weighted by Crippen LogP contribution is 2.46. The summed E-state index contributed by atoms with van der Waals surface area (Å²) in [4.78, 5) is 21.4. The summed E-state index contributed by atoms with van der Waals surface area (Å²) in [5.74, 6) is -0.768. The second-order valence-corrected chi connectivity index (χ2v) is 6.25. The third-order valence-electron chi connectivity index (χ3n) is 2.77. The number of rotatable bonds is 8. The van der Waals surface area contributed by atoms with Crippen LogP contribution in [0.25, 0.3) is 0 Å². The van der Waals surface area contributed by atoms with E-state index in [1.807, 2.05) is 30.3 Å². The molecule has 0 aliphatic rings. The molecule has 0 amide bonds. The molecule has 1 aromatic rings. The number of hydrogen-bond acceptors (Lipinski definition) is 4. The van der Waals surface area contributed by atoms with Gasteiger partial charge >= 0.3 is 13.6 Å². The molecular formula is C14H21O5P. The van der Waals surface area contributed by atoms with Crippen LogP contribution in [0.1, 0.15) is 31.7 Å². The van der Waals surface area contributed by atoms with Crippen LogP contribution in [0.3, 0.4) is 0 Å². The van der Waals surface area contributed by atoms with Gasteiger partial charge in [-0.25, -0.2) is 0 Å². The molecule has 5 nitrogen and oxygen atoms in total. The standard InChI is InChI=1S/C14H21O5P/c1-3-18-14(15)10-13(11-20(16,17)19-4-2)12-8-6-5-7-9-12/h5-9,13H,3-4,10-11H2,1-2H3,(H,16,17). The molecule has 20 heavy (non-hydrogen) atoms. The van der Waals surface area contributed by atoms with Gasteiger partial charge in [0.25, 0.3) is 0 Å². The van der Waals surface area contributed by atoms with Crippen LogP contribution in [0.15, 0.2) is 30.3 Å². The van der Waals surface area contributed by atoms with Crippen LogP contribution in [0.5, 0.6) is 0 Å². The molecule has 1 N–H and O–H groups in total. The summed E-state index contributed by atoms with van der Waals surface area (Å²) in [6.45, 7) is 3.84. The van der Waals surface area contributed by atoms with Crippen molar-refractivity contribution in [2.24, 2.45) is 0 Å². The van der Waals surface area contributed by atoms with E-state index >= 15 is 0 Å². The van der Waals surface area contributed by atoms with E-state index in [9.17, 15) is 14.3 Å². The number of hydrogen-bond donors (Lipinski definition) is 1. The maximum Gasteiger partial charge on any atom is 0.328 e. The van der Waals surface area contributed by atoms with Crippen LogP contribution < -0.4 is 0 Å². The van der Waals surface area contributed by atoms with Gasteiger partial charge in [0.2, 0.25) is 0 Å². The summed E-state index contributed by atoms with van der Waals surface area (Å²) in [6, 6.07) is 9.17. The minimum atomic E-state index is -3.70. The van der Waals surface area contributed by atoms with E-state index in [2.05, 4.69) is 0 Å². The summed E-state index contributed by atoms with van der Waals surface area (Å²) in [7, 11) is -3.70. The lowest BCUT2D eigenvalue weighted by atomic mass is 9.98. The first-order valence-corrected chi connectivity index (χ1v) is 8.41. The minimum Gasteiger partial charge on any atom is -0.466 e. The molecule has 0 fully saturated rings. The van der Waals surface area contributed by atoms with Crippen molar-refractivity contribution in [2.45, 2.75) is 26.2 Å². The van der Waals surface area contributed by atoms with E-state index in [1.165, 1.54) is 0 Å². The molecule has 0 aromatic heterocycles. The van der Waals surface area contributed by atoms with E-state index in [0.717, 1.165) is 5.56 Å². The van der Waals surface area contributed by atoms with E-state index in [1.54, 1.807) is 13.8 Å². The number of carbonyl (C=O) groups is 1. The Labute approximate surface area is 119 Å². The molecule has 0 saturated heterocycles. The largest absolute Gasteiger partial charge is 0.466 e. The van der Waals surface area contributed by atoms with Crippen LogP contribution in [-0.4, -0.2) is 30.2 Å². The highest BCUT2D eigenvalue weighted by Gasteiger charge is 2.28. The van der Waals surface area contributed by atoms with Crippen LogP contribution in [0.2, 0.25) is 0 Å². The quantitative estimate of drug-likeness (QED) is 0.590. The van der Waals surface area contributed by atoms with E-state index in [4.69, 9.17) is 9.26 Å². The smallest absolute Gasteiger partial charge is 0.328 e. The average molecular weight is 300 g/mol. The zero-order valence-corrected chi connectivity index (χ0v) is 12.7. The van der Waals surface area contributed by atoms with Gasteiger partial charge in [-0.2, -0.15) is 0 Å². The molecule has 2 atom stereocenters. The van der Waals surface area contributed by atoms with Crippen molar-refractivity contribution in [1.29, 1.82) is 0 Å². The molecule has 0 spiro atoms. The lowest BCUT2D eigenvalue weighted by Crippen LogP contribution is -2.14. The van der Waals surface area contributed by atoms with Crippen LogP contribution in [0.4, 0.5) is 0 Å². The Kier molecular flexibility index (Phi) is 6.93. The van der Waals surface area contributed by atoms with Gasteiger partial charge in [-0.3, -0.25) is 9.36 Å². The monoisotopic (exact) mass is 300 g/mol. The Morgan fingerprint density at radius 1 is 1.25 bits per heavy atom. The molecule has 1 rings (SSSR count). The lowest BCUT2D eigenvalue weighted by molar-refractivity contribution is -0.143. The van der Waals surface area contributed by atoms with Gasteiger partial charge in [0.15, 0.2) is 0 Å². The summed E-state index contributed by atoms with van der Waals surface area (Å²) in [6.07, 6.45) is -0.0286. The van der Waals surface area contributed by atoms with Gasteiger partial charge < -0.3 is 14.2 Å². The fraction of sp³-hybridized carbons (Fsp3) is 0.500. The average Bonchev–Trinajstić information content (AvgIpc) is 2.39. The number of benzene rings is 1. The van der Waals surface area contributed by atoms with E-state index in [0.29, 0.717) is 6.61 Å². The van der Waals surface area contributed by atoms with Gasteiger partial charge in [-0.05, 0) is 19.4 Å². The Balaban J connectivity index is 2.85. The molecule has 112 valence electrons. The zero-order valence-electron chi connectivity index (χ0n) is 11.8. The first-order valence-electron chi connectivity index (χ1n) is 6.65. The molecule has 0 heterocycles. The normalized spacial score (nSPS) is 15.3. The van der Waals surface area contributed by atoms with Gasteiger partial charge in [0.1, 0.15) is 0 Å². The Bertz CT molecular complexity index is 460. The highest BCUT2D eigenvalue weighted by atomic mass is 31.2.